The van der Waals surface area contributed by atoms with Gasteiger partial charge in [0.25, 0.3) is 0 Å². The van der Waals surface area contributed by atoms with Crippen LogP contribution in [0.4, 0.5) is 4.39 Å². The first-order chi connectivity index (χ1) is 17.1. The second-order valence-corrected chi connectivity index (χ2v) is 9.11. The minimum absolute atomic E-state index is 0.212. The van der Waals surface area contributed by atoms with Gasteiger partial charge in [0, 0.05) is 36.1 Å². The molecule has 1 unspecified atom stereocenters. The minimum Gasteiger partial charge on any atom is -0.491 e. The van der Waals surface area contributed by atoms with Crippen molar-refractivity contribution in [1.29, 1.82) is 0 Å². The third-order valence-corrected chi connectivity index (χ3v) is 6.48. The molecular formula is C28H30FN3O3. The molecule has 182 valence electrons. The minimum atomic E-state index is -0.592. The molecule has 4 aromatic rings. The zero-order valence-corrected chi connectivity index (χ0v) is 19.6. The van der Waals surface area contributed by atoms with Gasteiger partial charge in [-0.05, 0) is 67.9 Å². The second kappa shape index (κ2) is 11.0. The van der Waals surface area contributed by atoms with Gasteiger partial charge in [-0.25, -0.2) is 4.39 Å². The van der Waals surface area contributed by atoms with Crippen LogP contribution in [0.25, 0.3) is 22.2 Å². The van der Waals surface area contributed by atoms with Crippen molar-refractivity contribution in [3.63, 3.8) is 0 Å². The Morgan fingerprint density at radius 2 is 1.83 bits per heavy atom. The lowest BCUT2D eigenvalue weighted by Crippen LogP contribution is -2.45. The van der Waals surface area contributed by atoms with Crippen molar-refractivity contribution in [3.8, 4) is 17.1 Å². The molecule has 0 aliphatic carbocycles. The van der Waals surface area contributed by atoms with E-state index >= 15 is 0 Å². The van der Waals surface area contributed by atoms with Crippen LogP contribution < -0.4 is 10.1 Å². The monoisotopic (exact) mass is 475 g/mol. The average molecular weight is 476 g/mol. The number of aromatic nitrogens is 1. The fraction of sp³-hybridized carbons (Fsp3) is 0.321. The molecule has 1 fully saturated rings. The number of likely N-dealkylation sites (tertiary alicyclic amines) is 1. The molecule has 3 aromatic carbocycles. The van der Waals surface area contributed by atoms with Crippen LogP contribution in [0.5, 0.6) is 5.75 Å². The van der Waals surface area contributed by atoms with Crippen molar-refractivity contribution in [2.45, 2.75) is 31.5 Å². The summed E-state index contributed by atoms with van der Waals surface area (Å²) in [6.07, 6.45) is 1.56. The van der Waals surface area contributed by atoms with Crippen LogP contribution in [-0.2, 0) is 6.54 Å². The fourth-order valence-corrected chi connectivity index (χ4v) is 4.52. The molecule has 1 aromatic heterocycles. The van der Waals surface area contributed by atoms with E-state index in [1.54, 1.807) is 6.07 Å². The van der Waals surface area contributed by atoms with E-state index in [2.05, 4.69) is 39.6 Å². The van der Waals surface area contributed by atoms with Crippen LogP contribution >= 0.6 is 0 Å². The van der Waals surface area contributed by atoms with Crippen molar-refractivity contribution >= 4 is 10.9 Å². The SMILES string of the molecule is OC(CNC1CCN(Cc2ccccc2)CC1)COc1ccc(-c2onc3cc(F)ccc23)cc1. The topological polar surface area (TPSA) is 70.8 Å². The molecule has 2 N–H and O–H groups in total. The lowest BCUT2D eigenvalue weighted by atomic mass is 10.0. The highest BCUT2D eigenvalue weighted by molar-refractivity contribution is 5.91. The summed E-state index contributed by atoms with van der Waals surface area (Å²) in [4.78, 5) is 2.48. The number of aliphatic hydroxyl groups excluding tert-OH is 1. The van der Waals surface area contributed by atoms with E-state index in [0.29, 0.717) is 29.6 Å². The molecule has 0 radical (unpaired) electrons. The van der Waals surface area contributed by atoms with Crippen LogP contribution in [0, 0.1) is 5.82 Å². The summed E-state index contributed by atoms with van der Waals surface area (Å²) in [5.41, 5.74) is 2.66. The number of hydrogen-bond donors (Lipinski definition) is 2. The van der Waals surface area contributed by atoms with Gasteiger partial charge < -0.3 is 19.7 Å². The quantitative estimate of drug-likeness (QED) is 0.368. The molecule has 7 heteroatoms. The van der Waals surface area contributed by atoms with Gasteiger partial charge >= 0.3 is 0 Å². The number of ether oxygens (including phenoxy) is 1. The van der Waals surface area contributed by atoms with Gasteiger partial charge in [0.05, 0.1) is 0 Å². The first-order valence-electron chi connectivity index (χ1n) is 12.1. The number of halogens is 1. The third-order valence-electron chi connectivity index (χ3n) is 6.48. The van der Waals surface area contributed by atoms with Crippen molar-refractivity contribution in [1.82, 2.24) is 15.4 Å². The van der Waals surface area contributed by atoms with E-state index in [9.17, 15) is 9.50 Å². The highest BCUT2D eigenvalue weighted by Crippen LogP contribution is 2.30. The molecule has 1 atom stereocenters. The highest BCUT2D eigenvalue weighted by Gasteiger charge is 2.20. The zero-order valence-electron chi connectivity index (χ0n) is 19.6. The lowest BCUT2D eigenvalue weighted by Gasteiger charge is -2.33. The van der Waals surface area contributed by atoms with E-state index in [4.69, 9.17) is 9.26 Å². The summed E-state index contributed by atoms with van der Waals surface area (Å²) < 4.78 is 24.6. The van der Waals surface area contributed by atoms with Crippen LogP contribution in [0.1, 0.15) is 18.4 Å². The predicted octanol–water partition coefficient (Wildman–Crippen LogP) is 4.63. The Hall–Kier alpha value is -3.26. The number of benzene rings is 3. The number of fused-ring (bicyclic) bond motifs is 1. The molecule has 0 spiro atoms. The third kappa shape index (κ3) is 6.06. The molecule has 0 bridgehead atoms. The molecular weight excluding hydrogens is 445 g/mol. The first-order valence-corrected chi connectivity index (χ1v) is 12.1. The Bertz CT molecular complexity index is 1220. The molecule has 1 aliphatic rings. The molecule has 5 rings (SSSR count). The van der Waals surface area contributed by atoms with Crippen molar-refractivity contribution in [2.24, 2.45) is 0 Å². The molecule has 0 amide bonds. The Morgan fingerprint density at radius 1 is 1.06 bits per heavy atom. The van der Waals surface area contributed by atoms with E-state index in [1.807, 2.05) is 30.3 Å². The molecule has 0 saturated carbocycles. The predicted molar refractivity (Wildman–Crippen MR) is 134 cm³/mol. The van der Waals surface area contributed by atoms with Crippen LogP contribution in [0.15, 0.2) is 77.3 Å². The van der Waals surface area contributed by atoms with Crippen LogP contribution in [0.2, 0.25) is 0 Å². The molecule has 2 heterocycles. The first kappa shape index (κ1) is 23.5. The number of piperidine rings is 1. The van der Waals surface area contributed by atoms with E-state index in [-0.39, 0.29) is 12.4 Å². The van der Waals surface area contributed by atoms with Gasteiger partial charge in [-0.2, -0.15) is 0 Å². The van der Waals surface area contributed by atoms with Gasteiger partial charge in [-0.15, -0.1) is 0 Å². The van der Waals surface area contributed by atoms with Gasteiger partial charge in [0.15, 0.2) is 5.76 Å². The number of nitrogens with one attached hydrogen (secondary N) is 1. The van der Waals surface area contributed by atoms with Gasteiger partial charge in [-0.1, -0.05) is 35.5 Å². The van der Waals surface area contributed by atoms with Gasteiger partial charge in [0.2, 0.25) is 0 Å². The second-order valence-electron chi connectivity index (χ2n) is 9.11. The number of hydrogen-bond acceptors (Lipinski definition) is 6. The Labute approximate surface area is 204 Å². The maximum Gasteiger partial charge on any atom is 0.174 e. The lowest BCUT2D eigenvalue weighted by molar-refractivity contribution is 0.0979. The van der Waals surface area contributed by atoms with Crippen LogP contribution in [0.3, 0.4) is 0 Å². The summed E-state index contributed by atoms with van der Waals surface area (Å²) in [6, 6.07) is 22.8. The summed E-state index contributed by atoms with van der Waals surface area (Å²) in [6.45, 7) is 3.82. The van der Waals surface area contributed by atoms with Crippen LogP contribution in [-0.4, -0.2) is 53.6 Å². The van der Waals surface area contributed by atoms with Gasteiger partial charge in [-0.3, -0.25) is 4.90 Å². The molecule has 35 heavy (non-hydrogen) atoms. The largest absolute Gasteiger partial charge is 0.491 e. The maximum absolute atomic E-state index is 13.4. The maximum atomic E-state index is 13.4. The standard InChI is InChI=1S/C28H30FN3O3/c29-22-8-11-26-27(16-22)31-35-28(26)21-6-9-25(10-7-21)34-19-24(33)17-30-23-12-14-32(15-13-23)18-20-4-2-1-3-5-20/h1-11,16,23-24,30,33H,12-15,17-19H2. The smallest absolute Gasteiger partial charge is 0.174 e. The summed E-state index contributed by atoms with van der Waals surface area (Å²) in [5.74, 6) is 0.908. The summed E-state index contributed by atoms with van der Waals surface area (Å²) in [5, 5.41) is 18.6. The highest BCUT2D eigenvalue weighted by atomic mass is 19.1. The Balaban J connectivity index is 1.04. The molecule has 1 saturated heterocycles. The van der Waals surface area contributed by atoms with Crippen molar-refractivity contribution < 1.29 is 18.8 Å². The number of aliphatic hydroxyl groups is 1. The zero-order chi connectivity index (χ0) is 24.0. The molecule has 1 aliphatic heterocycles. The van der Waals surface area contributed by atoms with E-state index < -0.39 is 6.10 Å². The fourth-order valence-electron chi connectivity index (χ4n) is 4.52. The van der Waals surface area contributed by atoms with Gasteiger partial charge in [0.1, 0.15) is 29.8 Å². The van der Waals surface area contributed by atoms with E-state index in [1.165, 1.54) is 17.7 Å². The van der Waals surface area contributed by atoms with E-state index in [0.717, 1.165) is 43.4 Å². The summed E-state index contributed by atoms with van der Waals surface area (Å²) in [7, 11) is 0. The summed E-state index contributed by atoms with van der Waals surface area (Å²) >= 11 is 0. The number of rotatable bonds is 9. The molecule has 6 nitrogen and oxygen atoms in total. The number of nitrogens with zero attached hydrogens (tertiary/aromatic N) is 2. The normalized spacial score (nSPS) is 15.9. The van der Waals surface area contributed by atoms with Crippen molar-refractivity contribution in [2.75, 3.05) is 26.2 Å². The van der Waals surface area contributed by atoms with Crippen molar-refractivity contribution in [3.05, 3.63) is 84.2 Å². The average Bonchev–Trinajstić information content (AvgIpc) is 3.31. The Morgan fingerprint density at radius 3 is 2.60 bits per heavy atom. The Kier molecular flexibility index (Phi) is 7.37.